The van der Waals surface area contributed by atoms with Crippen molar-refractivity contribution in [1.29, 1.82) is 0 Å². The van der Waals surface area contributed by atoms with Crippen LogP contribution in [-0.2, 0) is 18.4 Å². The highest BCUT2D eigenvalue weighted by molar-refractivity contribution is 9.08. The van der Waals surface area contributed by atoms with Crippen LogP contribution in [0.3, 0.4) is 0 Å². The second kappa shape index (κ2) is 4.53. The molecule has 0 saturated carbocycles. The third-order valence-electron chi connectivity index (χ3n) is 3.32. The van der Waals surface area contributed by atoms with Gasteiger partial charge in [0.2, 0.25) is 0 Å². The van der Waals surface area contributed by atoms with E-state index in [0.717, 1.165) is 18.4 Å². The summed E-state index contributed by atoms with van der Waals surface area (Å²) < 4.78 is 0. The second-order valence-electron chi connectivity index (χ2n) is 4.39. The van der Waals surface area contributed by atoms with Gasteiger partial charge in [0.1, 0.15) is 0 Å². The molecule has 17 heavy (non-hydrogen) atoms. The smallest absolute Gasteiger partial charge is 0.0436 e. The molecule has 2 heteroatoms. The van der Waals surface area contributed by atoms with Crippen LogP contribution in [0.15, 0.2) is 48.5 Å². The van der Waals surface area contributed by atoms with Gasteiger partial charge in [-0.15, -0.1) is 0 Å². The molecule has 0 amide bonds. The van der Waals surface area contributed by atoms with Crippen molar-refractivity contribution in [3.63, 3.8) is 0 Å². The monoisotopic (exact) mass is 287 g/mol. The van der Waals surface area contributed by atoms with Crippen molar-refractivity contribution < 1.29 is 0 Å². The molecule has 0 N–H and O–H groups in total. The predicted octanol–water partition coefficient (Wildman–Crippen LogP) is 4.10. The molecule has 0 fully saturated rings. The third-order valence-corrected chi connectivity index (χ3v) is 3.92. The van der Waals surface area contributed by atoms with E-state index < -0.39 is 0 Å². The zero-order valence-corrected chi connectivity index (χ0v) is 11.2. The van der Waals surface area contributed by atoms with E-state index in [9.17, 15) is 0 Å². The topological polar surface area (TPSA) is 3.24 Å². The standard InChI is InChI=1S/C15H14BrN/c16-9-12-5-3-4-8-15(12)17-10-13-6-1-2-7-14(13)11-17/h1-8H,9-11H2. The normalized spacial score (nSPS) is 13.8. The van der Waals surface area contributed by atoms with Crippen LogP contribution in [0, 0.1) is 0 Å². The molecule has 1 nitrogen and oxygen atoms in total. The molecular formula is C15H14BrN. The SMILES string of the molecule is BrCc1ccccc1N1Cc2ccccc2C1. The lowest BCUT2D eigenvalue weighted by atomic mass is 10.1. The Labute approximate surface area is 110 Å². The Balaban J connectivity index is 1.94. The van der Waals surface area contributed by atoms with Crippen LogP contribution in [-0.4, -0.2) is 0 Å². The summed E-state index contributed by atoms with van der Waals surface area (Å²) in [5.41, 5.74) is 5.62. The molecule has 0 aromatic heterocycles. The van der Waals surface area contributed by atoms with Crippen molar-refractivity contribution in [3.05, 3.63) is 65.2 Å². The molecule has 0 saturated heterocycles. The van der Waals surface area contributed by atoms with E-state index in [1.54, 1.807) is 0 Å². The van der Waals surface area contributed by atoms with Crippen LogP contribution in [0.2, 0.25) is 0 Å². The second-order valence-corrected chi connectivity index (χ2v) is 4.95. The molecule has 0 radical (unpaired) electrons. The first-order valence-corrected chi connectivity index (χ1v) is 6.96. The van der Waals surface area contributed by atoms with Crippen molar-refractivity contribution in [3.8, 4) is 0 Å². The fourth-order valence-corrected chi connectivity index (χ4v) is 2.91. The zero-order chi connectivity index (χ0) is 11.7. The van der Waals surface area contributed by atoms with Gasteiger partial charge in [-0.05, 0) is 22.8 Å². The van der Waals surface area contributed by atoms with Gasteiger partial charge in [-0.25, -0.2) is 0 Å². The third kappa shape index (κ3) is 1.98. The Morgan fingerprint density at radius 3 is 2.12 bits per heavy atom. The Kier molecular flexibility index (Phi) is 2.89. The molecule has 1 heterocycles. The summed E-state index contributed by atoms with van der Waals surface area (Å²) in [4.78, 5) is 2.45. The number of para-hydroxylation sites is 1. The van der Waals surface area contributed by atoms with Crippen LogP contribution in [0.1, 0.15) is 16.7 Å². The van der Waals surface area contributed by atoms with Crippen molar-refractivity contribution in [2.75, 3.05) is 4.90 Å². The molecular weight excluding hydrogens is 274 g/mol. The molecule has 0 atom stereocenters. The number of fused-ring (bicyclic) bond motifs is 1. The van der Waals surface area contributed by atoms with E-state index in [1.807, 2.05) is 0 Å². The van der Waals surface area contributed by atoms with E-state index in [-0.39, 0.29) is 0 Å². The number of anilines is 1. The number of hydrogen-bond donors (Lipinski definition) is 0. The lowest BCUT2D eigenvalue weighted by Crippen LogP contribution is -2.15. The van der Waals surface area contributed by atoms with Crippen LogP contribution < -0.4 is 4.90 Å². The number of alkyl halides is 1. The maximum Gasteiger partial charge on any atom is 0.0436 e. The number of rotatable bonds is 2. The van der Waals surface area contributed by atoms with E-state index in [4.69, 9.17) is 0 Å². The maximum atomic E-state index is 3.56. The summed E-state index contributed by atoms with van der Waals surface area (Å²) in [7, 11) is 0. The minimum absolute atomic E-state index is 0.913. The molecule has 0 unspecified atom stereocenters. The van der Waals surface area contributed by atoms with Crippen LogP contribution in [0.5, 0.6) is 0 Å². The van der Waals surface area contributed by atoms with Crippen molar-refractivity contribution in [2.45, 2.75) is 18.4 Å². The summed E-state index contributed by atoms with van der Waals surface area (Å²) >= 11 is 3.56. The molecule has 0 spiro atoms. The Morgan fingerprint density at radius 2 is 1.47 bits per heavy atom. The van der Waals surface area contributed by atoms with Crippen LogP contribution in [0.25, 0.3) is 0 Å². The predicted molar refractivity (Wildman–Crippen MR) is 75.4 cm³/mol. The first kappa shape index (κ1) is 10.8. The molecule has 3 rings (SSSR count). The van der Waals surface area contributed by atoms with Gasteiger partial charge >= 0.3 is 0 Å². The summed E-state index contributed by atoms with van der Waals surface area (Å²) in [6.45, 7) is 2.06. The van der Waals surface area contributed by atoms with Gasteiger partial charge in [0.05, 0.1) is 0 Å². The Morgan fingerprint density at radius 1 is 0.882 bits per heavy atom. The van der Waals surface area contributed by atoms with E-state index in [1.165, 1.54) is 22.4 Å². The molecule has 1 aliphatic rings. The fraction of sp³-hybridized carbons (Fsp3) is 0.200. The summed E-state index contributed by atoms with van der Waals surface area (Å²) in [6, 6.07) is 17.3. The minimum atomic E-state index is 0.913. The lowest BCUT2D eigenvalue weighted by Gasteiger charge is -2.20. The fourth-order valence-electron chi connectivity index (χ4n) is 2.44. The van der Waals surface area contributed by atoms with Gasteiger partial charge in [0, 0.05) is 24.1 Å². The average molecular weight is 288 g/mol. The lowest BCUT2D eigenvalue weighted by molar-refractivity contribution is 0.874. The molecule has 1 aliphatic heterocycles. The molecule has 0 bridgehead atoms. The maximum absolute atomic E-state index is 3.56. The highest BCUT2D eigenvalue weighted by atomic mass is 79.9. The van der Waals surface area contributed by atoms with Gasteiger partial charge in [0.15, 0.2) is 0 Å². The van der Waals surface area contributed by atoms with Crippen molar-refractivity contribution in [1.82, 2.24) is 0 Å². The zero-order valence-electron chi connectivity index (χ0n) is 9.57. The molecule has 0 aliphatic carbocycles. The molecule has 2 aromatic carbocycles. The number of benzene rings is 2. The number of nitrogens with zero attached hydrogens (tertiary/aromatic N) is 1. The average Bonchev–Trinajstić information content (AvgIpc) is 2.82. The van der Waals surface area contributed by atoms with E-state index in [2.05, 4.69) is 69.4 Å². The Hall–Kier alpha value is -1.28. The number of halogens is 1. The summed E-state index contributed by atoms with van der Waals surface area (Å²) in [5, 5.41) is 0.913. The van der Waals surface area contributed by atoms with Crippen LogP contribution >= 0.6 is 15.9 Å². The molecule has 2 aromatic rings. The Bertz CT molecular complexity index is 511. The van der Waals surface area contributed by atoms with Gasteiger partial charge in [-0.1, -0.05) is 58.4 Å². The quantitative estimate of drug-likeness (QED) is 0.752. The van der Waals surface area contributed by atoms with Gasteiger partial charge in [-0.2, -0.15) is 0 Å². The highest BCUT2D eigenvalue weighted by Gasteiger charge is 2.19. The summed E-state index contributed by atoms with van der Waals surface area (Å²) in [5.74, 6) is 0. The molecule has 86 valence electrons. The number of hydrogen-bond acceptors (Lipinski definition) is 1. The highest BCUT2D eigenvalue weighted by Crippen LogP contribution is 2.31. The first-order valence-electron chi connectivity index (χ1n) is 5.84. The minimum Gasteiger partial charge on any atom is -0.363 e. The van der Waals surface area contributed by atoms with E-state index >= 15 is 0 Å². The van der Waals surface area contributed by atoms with Gasteiger partial charge in [-0.3, -0.25) is 0 Å². The largest absolute Gasteiger partial charge is 0.363 e. The van der Waals surface area contributed by atoms with Gasteiger partial charge < -0.3 is 4.90 Å². The first-order chi connectivity index (χ1) is 8.38. The van der Waals surface area contributed by atoms with Crippen molar-refractivity contribution >= 4 is 21.6 Å². The van der Waals surface area contributed by atoms with E-state index in [0.29, 0.717) is 0 Å². The van der Waals surface area contributed by atoms with Crippen LogP contribution in [0.4, 0.5) is 5.69 Å². The van der Waals surface area contributed by atoms with Crippen molar-refractivity contribution in [2.24, 2.45) is 0 Å². The van der Waals surface area contributed by atoms with Gasteiger partial charge in [0.25, 0.3) is 0 Å². The summed E-state index contributed by atoms with van der Waals surface area (Å²) in [6.07, 6.45) is 0.